The number of furan rings is 1. The number of thiophene rings is 1. The van der Waals surface area contributed by atoms with Crippen LogP contribution in [0.5, 0.6) is 0 Å². The zero-order valence-electron chi connectivity index (χ0n) is 12.6. The van der Waals surface area contributed by atoms with E-state index in [0.717, 1.165) is 12.3 Å². The molecule has 0 amide bonds. The van der Waals surface area contributed by atoms with Crippen LogP contribution in [-0.2, 0) is 17.8 Å². The Kier molecular flexibility index (Phi) is 6.45. The Balaban J connectivity index is 1.91. The molecule has 0 radical (unpaired) electrons. The lowest BCUT2D eigenvalue weighted by Crippen LogP contribution is -2.34. The summed E-state index contributed by atoms with van der Waals surface area (Å²) in [6, 6.07) is 8.00. The molecule has 0 unspecified atom stereocenters. The molecule has 0 saturated carbocycles. The maximum atomic E-state index is 10.1. The number of nitrogens with zero attached hydrogens (tertiary/aromatic N) is 1. The van der Waals surface area contributed by atoms with Crippen molar-refractivity contribution in [3.63, 3.8) is 0 Å². The van der Waals surface area contributed by atoms with Gasteiger partial charge in [-0.3, -0.25) is 4.90 Å². The van der Waals surface area contributed by atoms with Crippen LogP contribution >= 0.6 is 11.3 Å². The summed E-state index contributed by atoms with van der Waals surface area (Å²) >= 11 is 1.72. The summed E-state index contributed by atoms with van der Waals surface area (Å²) in [5.41, 5.74) is 0. The van der Waals surface area contributed by atoms with Crippen molar-refractivity contribution < 1.29 is 14.3 Å². The van der Waals surface area contributed by atoms with Gasteiger partial charge in [-0.15, -0.1) is 11.3 Å². The van der Waals surface area contributed by atoms with Crippen molar-refractivity contribution in [1.82, 2.24) is 4.90 Å². The van der Waals surface area contributed by atoms with Gasteiger partial charge in [-0.05, 0) is 37.4 Å². The first-order valence-electron chi connectivity index (χ1n) is 7.20. The number of aliphatic hydroxyl groups is 1. The van der Waals surface area contributed by atoms with E-state index in [2.05, 4.69) is 16.3 Å². The van der Waals surface area contributed by atoms with Gasteiger partial charge in [0.1, 0.15) is 5.76 Å². The van der Waals surface area contributed by atoms with Crippen LogP contribution in [0, 0.1) is 0 Å². The first-order valence-corrected chi connectivity index (χ1v) is 8.08. The molecule has 5 heteroatoms. The van der Waals surface area contributed by atoms with E-state index in [0.29, 0.717) is 19.7 Å². The molecular formula is C16H23NO3S. The fourth-order valence-corrected chi connectivity index (χ4v) is 2.83. The molecule has 1 N–H and O–H groups in total. The second-order valence-electron chi connectivity index (χ2n) is 5.36. The molecule has 0 aromatic carbocycles. The summed E-state index contributed by atoms with van der Waals surface area (Å²) in [7, 11) is 0. The minimum Gasteiger partial charge on any atom is -0.468 e. The van der Waals surface area contributed by atoms with Gasteiger partial charge in [0.2, 0.25) is 0 Å². The molecule has 2 aromatic rings. The Morgan fingerprint density at radius 2 is 2.14 bits per heavy atom. The van der Waals surface area contributed by atoms with Crippen LogP contribution in [0.1, 0.15) is 24.5 Å². The summed E-state index contributed by atoms with van der Waals surface area (Å²) in [6.07, 6.45) is 1.31. The average Bonchev–Trinajstić information content (AvgIpc) is 3.10. The maximum Gasteiger partial charge on any atom is 0.117 e. The highest BCUT2D eigenvalue weighted by Crippen LogP contribution is 2.15. The lowest BCUT2D eigenvalue weighted by atomic mass is 10.3. The number of rotatable bonds is 9. The van der Waals surface area contributed by atoms with E-state index in [1.807, 2.05) is 32.0 Å². The monoisotopic (exact) mass is 309 g/mol. The maximum absolute atomic E-state index is 10.1. The van der Waals surface area contributed by atoms with Crippen molar-refractivity contribution in [2.45, 2.75) is 39.1 Å². The van der Waals surface area contributed by atoms with Crippen molar-refractivity contribution in [3.05, 3.63) is 46.5 Å². The molecule has 0 aliphatic heterocycles. The van der Waals surface area contributed by atoms with Crippen LogP contribution in [0.2, 0.25) is 0 Å². The first kappa shape index (κ1) is 16.2. The fraction of sp³-hybridized carbons (Fsp3) is 0.500. The zero-order valence-corrected chi connectivity index (χ0v) is 13.4. The first-order chi connectivity index (χ1) is 10.1. The third-order valence-corrected chi connectivity index (χ3v) is 3.87. The number of hydrogen-bond donors (Lipinski definition) is 1. The van der Waals surface area contributed by atoms with Gasteiger partial charge in [0.25, 0.3) is 0 Å². The second kappa shape index (κ2) is 8.34. The van der Waals surface area contributed by atoms with Crippen LogP contribution in [-0.4, -0.2) is 35.4 Å². The van der Waals surface area contributed by atoms with Gasteiger partial charge >= 0.3 is 0 Å². The van der Waals surface area contributed by atoms with E-state index in [1.54, 1.807) is 17.6 Å². The number of ether oxygens (including phenoxy) is 1. The van der Waals surface area contributed by atoms with Crippen molar-refractivity contribution >= 4 is 11.3 Å². The van der Waals surface area contributed by atoms with Gasteiger partial charge in [-0.25, -0.2) is 0 Å². The summed E-state index contributed by atoms with van der Waals surface area (Å²) in [4.78, 5) is 3.46. The van der Waals surface area contributed by atoms with E-state index in [1.165, 1.54) is 4.88 Å². The van der Waals surface area contributed by atoms with Gasteiger partial charge in [-0.2, -0.15) is 0 Å². The van der Waals surface area contributed by atoms with E-state index in [9.17, 15) is 5.11 Å². The Morgan fingerprint density at radius 1 is 1.29 bits per heavy atom. The normalized spacial score (nSPS) is 13.2. The van der Waals surface area contributed by atoms with Gasteiger partial charge in [0, 0.05) is 18.0 Å². The molecule has 0 fully saturated rings. The molecule has 0 spiro atoms. The topological polar surface area (TPSA) is 45.8 Å². The molecule has 1 atom stereocenters. The third-order valence-electron chi connectivity index (χ3n) is 3.01. The lowest BCUT2D eigenvalue weighted by molar-refractivity contribution is -0.0112. The molecule has 0 aliphatic rings. The van der Waals surface area contributed by atoms with Crippen molar-refractivity contribution in [1.29, 1.82) is 0 Å². The van der Waals surface area contributed by atoms with Crippen LogP contribution in [0.15, 0.2) is 40.3 Å². The Morgan fingerprint density at radius 3 is 2.76 bits per heavy atom. The van der Waals surface area contributed by atoms with E-state index >= 15 is 0 Å². The summed E-state index contributed by atoms with van der Waals surface area (Å²) in [5.74, 6) is 0.906. The number of aliphatic hydroxyl groups excluding tert-OH is 1. The SMILES string of the molecule is CC(C)OC[C@@H](O)CN(Cc1ccco1)Cc1cccs1. The molecule has 0 aliphatic carbocycles. The molecule has 0 saturated heterocycles. The van der Waals surface area contributed by atoms with Crippen molar-refractivity contribution in [3.8, 4) is 0 Å². The molecule has 116 valence electrons. The van der Waals surface area contributed by atoms with Gasteiger partial charge in [0.15, 0.2) is 0 Å². The standard InChI is InChI=1S/C16H23NO3S/c1-13(2)20-12-14(18)9-17(10-15-5-3-7-19-15)11-16-6-4-8-21-16/h3-8,13-14,18H,9-12H2,1-2H3/t14-/m0/s1. The number of hydrogen-bond acceptors (Lipinski definition) is 5. The zero-order chi connectivity index (χ0) is 15.1. The highest BCUT2D eigenvalue weighted by atomic mass is 32.1. The molecule has 2 aromatic heterocycles. The minimum absolute atomic E-state index is 0.135. The molecular weight excluding hydrogens is 286 g/mol. The van der Waals surface area contributed by atoms with E-state index < -0.39 is 6.10 Å². The highest BCUT2D eigenvalue weighted by Gasteiger charge is 2.15. The lowest BCUT2D eigenvalue weighted by Gasteiger charge is -2.24. The molecule has 0 bridgehead atoms. The minimum atomic E-state index is -0.498. The Bertz CT molecular complexity index is 445. The highest BCUT2D eigenvalue weighted by molar-refractivity contribution is 7.09. The quantitative estimate of drug-likeness (QED) is 0.773. The summed E-state index contributed by atoms with van der Waals surface area (Å²) in [5, 5.41) is 12.2. The van der Waals surface area contributed by atoms with Gasteiger partial charge in [-0.1, -0.05) is 6.07 Å². The Hall–Kier alpha value is -1.14. The smallest absolute Gasteiger partial charge is 0.117 e. The largest absolute Gasteiger partial charge is 0.468 e. The second-order valence-corrected chi connectivity index (χ2v) is 6.40. The van der Waals surface area contributed by atoms with Crippen molar-refractivity contribution in [2.24, 2.45) is 0 Å². The molecule has 2 rings (SSSR count). The fourth-order valence-electron chi connectivity index (χ4n) is 2.09. The molecule has 4 nitrogen and oxygen atoms in total. The molecule has 2 heterocycles. The van der Waals surface area contributed by atoms with E-state index in [-0.39, 0.29) is 6.10 Å². The van der Waals surface area contributed by atoms with Crippen LogP contribution in [0.3, 0.4) is 0 Å². The summed E-state index contributed by atoms with van der Waals surface area (Å²) in [6.45, 7) is 6.35. The average molecular weight is 309 g/mol. The van der Waals surface area contributed by atoms with Crippen molar-refractivity contribution in [2.75, 3.05) is 13.2 Å². The predicted molar refractivity (Wildman–Crippen MR) is 84.2 cm³/mol. The Labute approximate surface area is 130 Å². The van der Waals surface area contributed by atoms with Gasteiger partial charge < -0.3 is 14.3 Å². The van der Waals surface area contributed by atoms with E-state index in [4.69, 9.17) is 9.15 Å². The predicted octanol–water partition coefficient (Wildman–Crippen LogP) is 3.13. The summed E-state index contributed by atoms with van der Waals surface area (Å²) < 4.78 is 10.9. The third kappa shape index (κ3) is 6.01. The van der Waals surface area contributed by atoms with Crippen LogP contribution in [0.25, 0.3) is 0 Å². The van der Waals surface area contributed by atoms with Crippen LogP contribution in [0.4, 0.5) is 0 Å². The van der Waals surface area contributed by atoms with Gasteiger partial charge in [0.05, 0.1) is 31.6 Å². The molecule has 21 heavy (non-hydrogen) atoms. The van der Waals surface area contributed by atoms with Crippen LogP contribution < -0.4 is 0 Å².